The van der Waals surface area contributed by atoms with Gasteiger partial charge in [-0.25, -0.2) is 4.52 Å². The summed E-state index contributed by atoms with van der Waals surface area (Å²) in [6.45, 7) is 2.08. The molecule has 0 aliphatic carbocycles. The van der Waals surface area contributed by atoms with Crippen molar-refractivity contribution < 1.29 is 0 Å². The number of likely N-dealkylation sites (N-methyl/N-ethyl adjacent to an activating group) is 1. The van der Waals surface area contributed by atoms with E-state index in [1.165, 1.54) is 11.1 Å². The molecule has 1 aliphatic heterocycles. The first-order valence-corrected chi connectivity index (χ1v) is 5.14. The molecule has 3 nitrogen and oxygen atoms in total. The van der Waals surface area contributed by atoms with E-state index in [1.54, 1.807) is 0 Å². The first-order valence-electron chi connectivity index (χ1n) is 5.14. The van der Waals surface area contributed by atoms with E-state index in [4.69, 9.17) is 0 Å². The van der Waals surface area contributed by atoms with Crippen LogP contribution in [0.4, 0.5) is 0 Å². The fourth-order valence-electron chi connectivity index (χ4n) is 2.00. The molecule has 76 valence electrons. The molecule has 0 bridgehead atoms. The van der Waals surface area contributed by atoms with Gasteiger partial charge in [-0.3, -0.25) is 4.90 Å². The summed E-state index contributed by atoms with van der Waals surface area (Å²) in [7, 11) is 2.13. The van der Waals surface area contributed by atoms with Crippen LogP contribution < -0.4 is 0 Å². The van der Waals surface area contributed by atoms with Crippen molar-refractivity contribution in [3.05, 3.63) is 42.2 Å². The second-order valence-corrected chi connectivity index (χ2v) is 4.04. The topological polar surface area (TPSA) is 20.5 Å². The van der Waals surface area contributed by atoms with E-state index in [9.17, 15) is 0 Å². The average molecular weight is 199 g/mol. The SMILES string of the molecule is CN1CC=C(c2ccc3ccnn3c2)C1. The van der Waals surface area contributed by atoms with E-state index in [0.717, 1.165) is 18.6 Å². The van der Waals surface area contributed by atoms with Gasteiger partial charge in [-0.2, -0.15) is 5.10 Å². The van der Waals surface area contributed by atoms with Gasteiger partial charge in [0.2, 0.25) is 0 Å². The molecule has 0 saturated heterocycles. The quantitative estimate of drug-likeness (QED) is 0.696. The lowest BCUT2D eigenvalue weighted by molar-refractivity contribution is 0.438. The maximum Gasteiger partial charge on any atom is 0.0661 e. The zero-order valence-electron chi connectivity index (χ0n) is 8.72. The van der Waals surface area contributed by atoms with Crippen LogP contribution in [0.15, 0.2) is 36.7 Å². The molecular formula is C12H13N3. The van der Waals surface area contributed by atoms with Gasteiger partial charge in [0.15, 0.2) is 0 Å². The Morgan fingerprint density at radius 2 is 2.20 bits per heavy atom. The molecule has 0 unspecified atom stereocenters. The smallest absolute Gasteiger partial charge is 0.0661 e. The Bertz CT molecular complexity index is 524. The summed E-state index contributed by atoms with van der Waals surface area (Å²) in [6.07, 6.45) is 6.21. The van der Waals surface area contributed by atoms with Crippen LogP contribution in [-0.4, -0.2) is 34.7 Å². The normalized spacial score (nSPS) is 17.3. The van der Waals surface area contributed by atoms with Crippen LogP contribution in [0.1, 0.15) is 5.56 Å². The number of aromatic nitrogens is 2. The summed E-state index contributed by atoms with van der Waals surface area (Å²) in [5.41, 5.74) is 3.82. The van der Waals surface area contributed by atoms with Crippen LogP contribution in [0.5, 0.6) is 0 Å². The molecular weight excluding hydrogens is 186 g/mol. The van der Waals surface area contributed by atoms with Crippen molar-refractivity contribution in [1.29, 1.82) is 0 Å². The molecule has 0 radical (unpaired) electrons. The minimum Gasteiger partial charge on any atom is -0.298 e. The van der Waals surface area contributed by atoms with Gasteiger partial charge >= 0.3 is 0 Å². The lowest BCUT2D eigenvalue weighted by Crippen LogP contribution is -2.13. The van der Waals surface area contributed by atoms with Gasteiger partial charge in [0.25, 0.3) is 0 Å². The molecule has 15 heavy (non-hydrogen) atoms. The molecule has 1 aliphatic rings. The number of nitrogens with zero attached hydrogens (tertiary/aromatic N) is 3. The highest BCUT2D eigenvalue weighted by Gasteiger charge is 2.11. The van der Waals surface area contributed by atoms with Crippen LogP contribution in [0, 0.1) is 0 Å². The zero-order chi connectivity index (χ0) is 10.3. The summed E-state index contributed by atoms with van der Waals surface area (Å²) in [4.78, 5) is 2.29. The minimum absolute atomic E-state index is 1.03. The third-order valence-corrected chi connectivity index (χ3v) is 2.86. The van der Waals surface area contributed by atoms with Gasteiger partial charge < -0.3 is 0 Å². The monoisotopic (exact) mass is 199 g/mol. The molecule has 2 aromatic heterocycles. The van der Waals surface area contributed by atoms with Crippen molar-refractivity contribution in [3.8, 4) is 0 Å². The lowest BCUT2D eigenvalue weighted by atomic mass is 10.1. The maximum atomic E-state index is 4.25. The first-order chi connectivity index (χ1) is 7.33. The summed E-state index contributed by atoms with van der Waals surface area (Å²) in [5.74, 6) is 0. The van der Waals surface area contributed by atoms with Gasteiger partial charge in [0.05, 0.1) is 5.52 Å². The average Bonchev–Trinajstić information content (AvgIpc) is 2.84. The Hall–Kier alpha value is -1.61. The fraction of sp³-hybridized carbons (Fsp3) is 0.250. The van der Waals surface area contributed by atoms with Gasteiger partial charge in [-0.15, -0.1) is 0 Å². The number of hydrogen-bond donors (Lipinski definition) is 0. The number of fused-ring (bicyclic) bond motifs is 1. The highest BCUT2D eigenvalue weighted by atomic mass is 15.2. The van der Waals surface area contributed by atoms with Crippen molar-refractivity contribution in [2.45, 2.75) is 0 Å². The third kappa shape index (κ3) is 1.45. The number of pyridine rings is 1. The van der Waals surface area contributed by atoms with Crippen molar-refractivity contribution in [2.75, 3.05) is 20.1 Å². The third-order valence-electron chi connectivity index (χ3n) is 2.86. The summed E-state index contributed by atoms with van der Waals surface area (Å²) >= 11 is 0. The highest BCUT2D eigenvalue weighted by molar-refractivity contribution is 5.69. The Morgan fingerprint density at radius 1 is 1.27 bits per heavy atom. The van der Waals surface area contributed by atoms with Gasteiger partial charge in [-0.05, 0) is 30.3 Å². The van der Waals surface area contributed by atoms with Crippen LogP contribution in [0.3, 0.4) is 0 Å². The first kappa shape index (κ1) is 8.68. The Labute approximate surface area is 88.6 Å². The molecule has 0 fully saturated rings. The van der Waals surface area contributed by atoms with Crippen molar-refractivity contribution in [3.63, 3.8) is 0 Å². The van der Waals surface area contributed by atoms with Crippen LogP contribution in [0.25, 0.3) is 11.1 Å². The Kier molecular flexibility index (Phi) is 1.86. The molecule has 0 saturated carbocycles. The molecule has 0 spiro atoms. The number of hydrogen-bond acceptors (Lipinski definition) is 2. The van der Waals surface area contributed by atoms with E-state index in [0.29, 0.717) is 0 Å². The molecule has 2 aromatic rings. The summed E-state index contributed by atoms with van der Waals surface area (Å²) in [5, 5.41) is 4.25. The van der Waals surface area contributed by atoms with Crippen molar-refractivity contribution in [2.24, 2.45) is 0 Å². The maximum absolute atomic E-state index is 4.25. The second kappa shape index (κ2) is 3.21. The molecule has 3 heterocycles. The lowest BCUT2D eigenvalue weighted by Gasteiger charge is -2.07. The van der Waals surface area contributed by atoms with E-state index >= 15 is 0 Å². The van der Waals surface area contributed by atoms with E-state index in [1.807, 2.05) is 16.8 Å². The predicted octanol–water partition coefficient (Wildman–Crippen LogP) is 1.66. The Balaban J connectivity index is 2.04. The van der Waals surface area contributed by atoms with Gasteiger partial charge in [0.1, 0.15) is 0 Å². The standard InChI is InChI=1S/C12H13N3/c1-14-7-5-11(8-14)10-2-3-12-4-6-13-15(12)9-10/h2-6,9H,7-8H2,1H3. The molecule has 3 rings (SSSR count). The van der Waals surface area contributed by atoms with E-state index in [2.05, 4.69) is 41.5 Å². The largest absolute Gasteiger partial charge is 0.298 e. The van der Waals surface area contributed by atoms with Gasteiger partial charge in [0, 0.05) is 25.5 Å². The summed E-state index contributed by atoms with van der Waals surface area (Å²) < 4.78 is 1.93. The highest BCUT2D eigenvalue weighted by Crippen LogP contribution is 2.20. The molecule has 0 atom stereocenters. The molecule has 0 amide bonds. The van der Waals surface area contributed by atoms with E-state index in [-0.39, 0.29) is 0 Å². The zero-order valence-corrected chi connectivity index (χ0v) is 8.72. The van der Waals surface area contributed by atoms with Crippen LogP contribution in [0.2, 0.25) is 0 Å². The fourth-order valence-corrected chi connectivity index (χ4v) is 2.00. The summed E-state index contributed by atoms with van der Waals surface area (Å²) in [6, 6.07) is 6.29. The van der Waals surface area contributed by atoms with Crippen LogP contribution in [-0.2, 0) is 0 Å². The number of rotatable bonds is 1. The Morgan fingerprint density at radius 3 is 3.00 bits per heavy atom. The van der Waals surface area contributed by atoms with Crippen LogP contribution >= 0.6 is 0 Å². The minimum atomic E-state index is 1.03. The van der Waals surface area contributed by atoms with Crippen molar-refractivity contribution >= 4 is 11.1 Å². The second-order valence-electron chi connectivity index (χ2n) is 4.04. The van der Waals surface area contributed by atoms with E-state index < -0.39 is 0 Å². The van der Waals surface area contributed by atoms with Crippen molar-refractivity contribution in [1.82, 2.24) is 14.5 Å². The molecule has 0 N–H and O–H groups in total. The predicted molar refractivity (Wildman–Crippen MR) is 60.7 cm³/mol. The molecule has 0 aromatic carbocycles. The molecule has 3 heteroatoms. The van der Waals surface area contributed by atoms with Gasteiger partial charge in [-0.1, -0.05) is 12.1 Å².